The second-order valence-electron chi connectivity index (χ2n) is 8.18. The number of likely N-dealkylation sites (tertiary alicyclic amines) is 1. The van der Waals surface area contributed by atoms with Gasteiger partial charge in [0.1, 0.15) is 0 Å². The summed E-state index contributed by atoms with van der Waals surface area (Å²) in [7, 11) is 0. The van der Waals surface area contributed by atoms with Gasteiger partial charge in [0.05, 0.1) is 6.54 Å². The van der Waals surface area contributed by atoms with Crippen molar-refractivity contribution >= 4 is 36.4 Å². The summed E-state index contributed by atoms with van der Waals surface area (Å²) in [5.41, 5.74) is 2.75. The van der Waals surface area contributed by atoms with Crippen molar-refractivity contribution in [2.24, 2.45) is 0 Å². The summed E-state index contributed by atoms with van der Waals surface area (Å²) in [6, 6.07) is 9.78. The van der Waals surface area contributed by atoms with Crippen molar-refractivity contribution in [3.63, 3.8) is 0 Å². The smallest absolute Gasteiger partial charge is 0.234 e. The van der Waals surface area contributed by atoms with Crippen LogP contribution in [0.2, 0.25) is 0 Å². The number of amides is 1. The topological polar surface area (TPSA) is 38.8 Å². The number of nitrogens with one attached hydrogen (secondary N) is 1. The fraction of sp³-hybridized carbons (Fsp3) is 0.667. The van der Waals surface area contributed by atoms with Crippen LogP contribution < -0.4 is 10.2 Å². The molecule has 2 saturated heterocycles. The molecule has 2 aliphatic heterocycles. The van der Waals surface area contributed by atoms with Gasteiger partial charge in [0.2, 0.25) is 5.91 Å². The molecule has 2 heterocycles. The monoisotopic (exact) mass is 428 g/mol. The molecule has 28 heavy (non-hydrogen) atoms. The van der Waals surface area contributed by atoms with Gasteiger partial charge in [-0.25, -0.2) is 0 Å². The van der Waals surface area contributed by atoms with Gasteiger partial charge in [0.25, 0.3) is 0 Å². The zero-order valence-electron chi connectivity index (χ0n) is 16.8. The first kappa shape index (κ1) is 23.3. The Morgan fingerprint density at radius 1 is 1.04 bits per heavy atom. The summed E-state index contributed by atoms with van der Waals surface area (Å²) in [4.78, 5) is 19.6. The quantitative estimate of drug-likeness (QED) is 0.782. The average Bonchev–Trinajstić information content (AvgIpc) is 3.46. The Balaban J connectivity index is 0.00000140. The van der Waals surface area contributed by atoms with E-state index >= 15 is 0 Å². The molecule has 5 nitrogen and oxygen atoms in total. The lowest BCUT2D eigenvalue weighted by molar-refractivity contribution is -0.122. The van der Waals surface area contributed by atoms with Crippen LogP contribution in [0.15, 0.2) is 24.3 Å². The van der Waals surface area contributed by atoms with E-state index in [0.717, 1.165) is 39.3 Å². The molecule has 1 unspecified atom stereocenters. The van der Waals surface area contributed by atoms with E-state index in [1.165, 1.54) is 36.9 Å². The summed E-state index contributed by atoms with van der Waals surface area (Å²) in [5, 5.41) is 3.12. The molecular weight excluding hydrogens is 395 g/mol. The van der Waals surface area contributed by atoms with E-state index in [1.54, 1.807) is 0 Å². The van der Waals surface area contributed by atoms with Crippen LogP contribution in [0, 0.1) is 6.92 Å². The summed E-state index contributed by atoms with van der Waals surface area (Å²) >= 11 is 0. The lowest BCUT2D eigenvalue weighted by Crippen LogP contribution is -2.56. The molecule has 1 saturated carbocycles. The van der Waals surface area contributed by atoms with Crippen LogP contribution in [0.5, 0.6) is 0 Å². The molecule has 1 aromatic carbocycles. The Kier molecular flexibility index (Phi) is 8.87. The number of aryl methyl sites for hydroxylation is 1. The summed E-state index contributed by atoms with van der Waals surface area (Å²) in [5.74, 6) is 0.220. The van der Waals surface area contributed by atoms with Crippen molar-refractivity contribution < 1.29 is 4.79 Å². The highest BCUT2D eigenvalue weighted by atomic mass is 35.5. The van der Waals surface area contributed by atoms with Gasteiger partial charge < -0.3 is 10.2 Å². The molecule has 0 bridgehead atoms. The molecule has 0 radical (unpaired) electrons. The molecule has 1 aliphatic carbocycles. The summed E-state index contributed by atoms with van der Waals surface area (Å²) in [6.45, 7) is 9.35. The van der Waals surface area contributed by atoms with E-state index in [0.29, 0.717) is 18.6 Å². The molecule has 3 fully saturated rings. The Hall–Kier alpha value is -1.01. The van der Waals surface area contributed by atoms with Crippen LogP contribution in [0.1, 0.15) is 31.2 Å². The van der Waals surface area contributed by atoms with E-state index in [1.807, 2.05) is 0 Å². The minimum absolute atomic E-state index is 0. The van der Waals surface area contributed by atoms with Crippen molar-refractivity contribution in [1.82, 2.24) is 15.1 Å². The number of piperidine rings is 1. The number of rotatable bonds is 5. The van der Waals surface area contributed by atoms with E-state index in [4.69, 9.17) is 0 Å². The summed E-state index contributed by atoms with van der Waals surface area (Å²) < 4.78 is 0. The minimum atomic E-state index is 0. The van der Waals surface area contributed by atoms with Crippen molar-refractivity contribution in [3.05, 3.63) is 29.8 Å². The zero-order valence-corrected chi connectivity index (χ0v) is 18.4. The van der Waals surface area contributed by atoms with E-state index in [-0.39, 0.29) is 30.7 Å². The van der Waals surface area contributed by atoms with E-state index in [9.17, 15) is 4.79 Å². The minimum Gasteiger partial charge on any atom is -0.369 e. The normalized spacial score (nSPS) is 23.5. The molecule has 7 heteroatoms. The Morgan fingerprint density at radius 2 is 1.75 bits per heavy atom. The highest BCUT2D eigenvalue weighted by molar-refractivity contribution is 5.85. The van der Waals surface area contributed by atoms with E-state index in [2.05, 4.69) is 51.2 Å². The molecule has 1 amide bonds. The second kappa shape index (κ2) is 10.7. The van der Waals surface area contributed by atoms with Crippen molar-refractivity contribution in [1.29, 1.82) is 0 Å². The number of benzene rings is 1. The molecular formula is C21H34Cl2N4O. The van der Waals surface area contributed by atoms with Gasteiger partial charge in [-0.05, 0) is 50.8 Å². The van der Waals surface area contributed by atoms with Gasteiger partial charge in [-0.2, -0.15) is 0 Å². The van der Waals surface area contributed by atoms with Crippen LogP contribution in [0.4, 0.5) is 5.69 Å². The SMILES string of the molecule is Cc1ccccc1N1CCN(C2CCCN(CC(=O)NC3CC3)C2)CC1.Cl.Cl. The first-order valence-corrected chi connectivity index (χ1v) is 10.3. The van der Waals surface area contributed by atoms with Crippen molar-refractivity contribution in [3.8, 4) is 0 Å². The van der Waals surface area contributed by atoms with Crippen molar-refractivity contribution in [2.75, 3.05) is 50.7 Å². The Morgan fingerprint density at radius 3 is 2.43 bits per heavy atom. The number of carbonyl (C=O) groups is 1. The molecule has 4 rings (SSSR count). The molecule has 158 valence electrons. The number of hydrogen-bond donors (Lipinski definition) is 1. The van der Waals surface area contributed by atoms with Gasteiger partial charge >= 0.3 is 0 Å². The van der Waals surface area contributed by atoms with Crippen molar-refractivity contribution in [2.45, 2.75) is 44.7 Å². The Labute approximate surface area is 181 Å². The maximum Gasteiger partial charge on any atom is 0.234 e. The number of piperazine rings is 1. The third-order valence-corrected chi connectivity index (χ3v) is 6.08. The first-order valence-electron chi connectivity index (χ1n) is 10.3. The molecule has 0 aromatic heterocycles. The molecule has 3 aliphatic rings. The Bertz CT molecular complexity index is 633. The van der Waals surface area contributed by atoms with Gasteiger partial charge in [0.15, 0.2) is 0 Å². The predicted molar refractivity (Wildman–Crippen MR) is 120 cm³/mol. The maximum atomic E-state index is 12.1. The number of carbonyl (C=O) groups excluding carboxylic acids is 1. The van der Waals surface area contributed by atoms with Crippen LogP contribution in [0.3, 0.4) is 0 Å². The molecule has 1 aromatic rings. The van der Waals surface area contributed by atoms with Gasteiger partial charge in [0, 0.05) is 50.5 Å². The van der Waals surface area contributed by atoms with Crippen LogP contribution in [-0.4, -0.2) is 73.6 Å². The van der Waals surface area contributed by atoms with E-state index < -0.39 is 0 Å². The van der Waals surface area contributed by atoms with Gasteiger partial charge in [-0.3, -0.25) is 14.6 Å². The number of halogens is 2. The number of nitrogens with zero attached hydrogens (tertiary/aromatic N) is 3. The lowest BCUT2D eigenvalue weighted by Gasteiger charge is -2.44. The van der Waals surface area contributed by atoms with Crippen LogP contribution in [-0.2, 0) is 4.79 Å². The molecule has 1 N–H and O–H groups in total. The highest BCUT2D eigenvalue weighted by Crippen LogP contribution is 2.23. The average molecular weight is 429 g/mol. The summed E-state index contributed by atoms with van der Waals surface area (Å²) in [6.07, 6.45) is 4.81. The number of hydrogen-bond acceptors (Lipinski definition) is 4. The first-order chi connectivity index (χ1) is 12.7. The highest BCUT2D eigenvalue weighted by Gasteiger charge is 2.30. The molecule has 0 spiro atoms. The number of para-hydroxylation sites is 1. The number of anilines is 1. The third kappa shape index (κ3) is 5.99. The fourth-order valence-corrected chi connectivity index (χ4v) is 4.42. The zero-order chi connectivity index (χ0) is 17.9. The largest absolute Gasteiger partial charge is 0.369 e. The van der Waals surface area contributed by atoms with Crippen LogP contribution >= 0.6 is 24.8 Å². The fourth-order valence-electron chi connectivity index (χ4n) is 4.42. The molecule has 1 atom stereocenters. The lowest BCUT2D eigenvalue weighted by atomic mass is 10.0. The second-order valence-corrected chi connectivity index (χ2v) is 8.18. The van der Waals surface area contributed by atoms with Gasteiger partial charge in [-0.15, -0.1) is 24.8 Å². The standard InChI is InChI=1S/C21H32N4O.2ClH/c1-17-5-2-3-7-20(17)25-13-11-24(12-14-25)19-6-4-10-23(15-19)16-21(26)22-18-8-9-18;;/h2-3,5,7,18-19H,4,6,8-16H2,1H3,(H,22,26);2*1H. The maximum absolute atomic E-state index is 12.1. The third-order valence-electron chi connectivity index (χ3n) is 6.08. The predicted octanol–water partition coefficient (Wildman–Crippen LogP) is 2.70. The van der Waals surface area contributed by atoms with Gasteiger partial charge in [-0.1, -0.05) is 18.2 Å². The van der Waals surface area contributed by atoms with Crippen LogP contribution in [0.25, 0.3) is 0 Å².